The summed E-state index contributed by atoms with van der Waals surface area (Å²) in [6.45, 7) is 11.3. The highest BCUT2D eigenvalue weighted by Crippen LogP contribution is 2.50. The molecule has 138 valence electrons. The molecule has 0 radical (unpaired) electrons. The molecule has 0 atom stereocenters. The Bertz CT molecular complexity index is 832. The zero-order valence-corrected chi connectivity index (χ0v) is 16.6. The first-order chi connectivity index (χ1) is 12.1. The lowest BCUT2D eigenvalue weighted by Crippen LogP contribution is -2.35. The summed E-state index contributed by atoms with van der Waals surface area (Å²) in [6.07, 6.45) is 11.9. The van der Waals surface area contributed by atoms with Crippen molar-refractivity contribution >= 4 is 11.5 Å². The zero-order chi connectivity index (χ0) is 19.1. The van der Waals surface area contributed by atoms with Gasteiger partial charge in [0.15, 0.2) is 0 Å². The van der Waals surface area contributed by atoms with E-state index >= 15 is 0 Å². The van der Waals surface area contributed by atoms with Gasteiger partial charge in [-0.15, -0.1) is 0 Å². The average molecular weight is 351 g/mol. The summed E-state index contributed by atoms with van der Waals surface area (Å²) >= 11 is 0. The van der Waals surface area contributed by atoms with Gasteiger partial charge in [-0.25, -0.2) is 4.79 Å². The van der Waals surface area contributed by atoms with E-state index in [-0.39, 0.29) is 10.8 Å². The van der Waals surface area contributed by atoms with Crippen molar-refractivity contribution in [2.45, 2.75) is 71.1 Å². The lowest BCUT2D eigenvalue weighted by molar-refractivity contribution is -0.131. The van der Waals surface area contributed by atoms with Gasteiger partial charge in [-0.05, 0) is 76.8 Å². The molecule has 0 saturated carbocycles. The second-order valence-corrected chi connectivity index (χ2v) is 9.06. The summed E-state index contributed by atoms with van der Waals surface area (Å²) in [4.78, 5) is 10.7. The number of rotatable bonds is 3. The van der Waals surface area contributed by atoms with E-state index in [2.05, 4.69) is 45.9 Å². The van der Waals surface area contributed by atoms with Crippen LogP contribution in [0, 0.1) is 0 Å². The molecule has 0 unspecified atom stereocenters. The highest BCUT2D eigenvalue weighted by Gasteiger charge is 2.40. The largest absolute Gasteiger partial charge is 0.478 e. The van der Waals surface area contributed by atoms with Gasteiger partial charge < -0.3 is 5.11 Å². The monoisotopic (exact) mass is 350 g/mol. The Morgan fingerprint density at radius 1 is 1.08 bits per heavy atom. The van der Waals surface area contributed by atoms with Crippen LogP contribution in [0.4, 0.5) is 0 Å². The Labute approximate surface area is 157 Å². The molecule has 1 aromatic rings. The van der Waals surface area contributed by atoms with Crippen LogP contribution < -0.4 is 0 Å². The summed E-state index contributed by atoms with van der Waals surface area (Å²) in [6, 6.07) is 4.66. The van der Waals surface area contributed by atoms with Crippen LogP contribution in [0.5, 0.6) is 0 Å². The molecule has 0 saturated heterocycles. The van der Waals surface area contributed by atoms with Gasteiger partial charge in [0.1, 0.15) is 0 Å². The molecule has 0 spiro atoms. The Morgan fingerprint density at radius 2 is 1.77 bits per heavy atom. The lowest BCUT2D eigenvalue weighted by atomic mass is 9.61. The first-order valence-electron chi connectivity index (χ1n) is 9.57. The number of aliphatic carboxylic acids is 1. The van der Waals surface area contributed by atoms with Crippen molar-refractivity contribution in [2.24, 2.45) is 0 Å². The average Bonchev–Trinajstić information content (AvgIpc) is 2.94. The molecule has 2 aliphatic rings. The molecular weight excluding hydrogens is 320 g/mol. The molecule has 26 heavy (non-hydrogen) atoms. The number of carbonyl (C=O) groups is 1. The van der Waals surface area contributed by atoms with Gasteiger partial charge in [0, 0.05) is 6.08 Å². The number of carboxylic acid groups (broad SMARTS) is 1. The van der Waals surface area contributed by atoms with Crippen molar-refractivity contribution in [3.63, 3.8) is 0 Å². The van der Waals surface area contributed by atoms with E-state index in [1.165, 1.54) is 41.2 Å². The van der Waals surface area contributed by atoms with Crippen LogP contribution in [0.25, 0.3) is 5.57 Å². The van der Waals surface area contributed by atoms with Gasteiger partial charge in [0.2, 0.25) is 0 Å². The predicted molar refractivity (Wildman–Crippen MR) is 109 cm³/mol. The second kappa shape index (κ2) is 6.57. The molecular formula is C24H30O2. The fraction of sp³-hybridized carbons (Fsp3) is 0.458. The molecule has 2 nitrogen and oxygen atoms in total. The van der Waals surface area contributed by atoms with E-state index in [1.807, 2.05) is 19.1 Å². The summed E-state index contributed by atoms with van der Waals surface area (Å²) in [5.41, 5.74) is 8.65. The first-order valence-corrected chi connectivity index (χ1v) is 9.57. The molecule has 2 aliphatic carbocycles. The Hall–Kier alpha value is -2.09. The van der Waals surface area contributed by atoms with Gasteiger partial charge >= 0.3 is 5.97 Å². The predicted octanol–water partition coefficient (Wildman–Crippen LogP) is 5.95. The molecule has 3 rings (SSSR count). The van der Waals surface area contributed by atoms with Gasteiger partial charge in [-0.1, -0.05) is 58.1 Å². The molecule has 0 bridgehead atoms. The van der Waals surface area contributed by atoms with Gasteiger partial charge in [-0.2, -0.15) is 0 Å². The minimum atomic E-state index is -0.900. The molecule has 1 aromatic carbocycles. The van der Waals surface area contributed by atoms with E-state index in [9.17, 15) is 4.79 Å². The van der Waals surface area contributed by atoms with Gasteiger partial charge in [0.05, 0.1) is 0 Å². The van der Waals surface area contributed by atoms with Gasteiger partial charge in [0.25, 0.3) is 0 Å². The summed E-state index contributed by atoms with van der Waals surface area (Å²) in [5, 5.41) is 8.80. The topological polar surface area (TPSA) is 37.3 Å². The Balaban J connectivity index is 2.00. The summed E-state index contributed by atoms with van der Waals surface area (Å²) < 4.78 is 0. The first kappa shape index (κ1) is 18.7. The molecule has 0 aliphatic heterocycles. The number of allylic oxidation sites excluding steroid dienone is 5. The van der Waals surface area contributed by atoms with E-state index < -0.39 is 5.97 Å². The van der Waals surface area contributed by atoms with Crippen LogP contribution in [0.2, 0.25) is 0 Å². The van der Waals surface area contributed by atoms with Crippen molar-refractivity contribution < 1.29 is 9.90 Å². The quantitative estimate of drug-likeness (QED) is 0.540. The van der Waals surface area contributed by atoms with Crippen LogP contribution in [0.3, 0.4) is 0 Å². The van der Waals surface area contributed by atoms with E-state index in [1.54, 1.807) is 5.56 Å². The van der Waals surface area contributed by atoms with E-state index in [4.69, 9.17) is 5.11 Å². The molecule has 1 N–H and O–H groups in total. The molecule has 0 fully saturated rings. The fourth-order valence-corrected chi connectivity index (χ4v) is 4.56. The minimum Gasteiger partial charge on any atom is -0.478 e. The van der Waals surface area contributed by atoms with Crippen LogP contribution >= 0.6 is 0 Å². The van der Waals surface area contributed by atoms with Crippen LogP contribution in [-0.2, 0) is 22.0 Å². The number of carboxylic acids is 1. The van der Waals surface area contributed by atoms with Crippen molar-refractivity contribution in [2.75, 3.05) is 0 Å². The van der Waals surface area contributed by atoms with Crippen molar-refractivity contribution in [1.82, 2.24) is 0 Å². The number of hydrogen-bond acceptors (Lipinski definition) is 1. The van der Waals surface area contributed by atoms with Crippen molar-refractivity contribution in [1.29, 1.82) is 0 Å². The molecule has 0 aromatic heterocycles. The maximum atomic E-state index is 10.7. The molecule has 0 heterocycles. The fourth-order valence-electron chi connectivity index (χ4n) is 4.56. The SMILES string of the molecule is CC(C=CC=C1CCc2c1ccc1c2C(C)(C)CCC1(C)C)=CC(=O)O. The van der Waals surface area contributed by atoms with Crippen LogP contribution in [0.15, 0.2) is 42.0 Å². The van der Waals surface area contributed by atoms with Crippen LogP contribution in [-0.4, -0.2) is 11.1 Å². The van der Waals surface area contributed by atoms with Gasteiger partial charge in [-0.3, -0.25) is 0 Å². The maximum Gasteiger partial charge on any atom is 0.328 e. The number of benzene rings is 1. The lowest BCUT2D eigenvalue weighted by Gasteiger charge is -2.43. The van der Waals surface area contributed by atoms with E-state index in [0.717, 1.165) is 18.4 Å². The highest BCUT2D eigenvalue weighted by molar-refractivity contribution is 5.81. The number of fused-ring (bicyclic) bond motifs is 3. The third-order valence-electron chi connectivity index (χ3n) is 6.09. The molecule has 2 heteroatoms. The third kappa shape index (κ3) is 3.42. The standard InChI is InChI=1S/C24H30O2/c1-16(15-21(25)26)7-6-8-17-9-10-19-18(17)11-12-20-22(19)24(4,5)14-13-23(20,2)3/h6-8,11-12,15H,9-10,13-14H2,1-5H3,(H,25,26). The Morgan fingerprint density at radius 3 is 2.46 bits per heavy atom. The zero-order valence-electron chi connectivity index (χ0n) is 16.6. The van der Waals surface area contributed by atoms with Crippen LogP contribution in [0.1, 0.15) is 76.1 Å². The smallest absolute Gasteiger partial charge is 0.328 e. The second-order valence-electron chi connectivity index (χ2n) is 9.06. The normalized spacial score (nSPS) is 22.5. The summed E-state index contributed by atoms with van der Waals surface area (Å²) in [5.74, 6) is -0.900. The van der Waals surface area contributed by atoms with Crippen molar-refractivity contribution in [3.05, 3.63) is 64.3 Å². The minimum absolute atomic E-state index is 0.238. The van der Waals surface area contributed by atoms with E-state index in [0.29, 0.717) is 0 Å². The summed E-state index contributed by atoms with van der Waals surface area (Å²) in [7, 11) is 0. The highest BCUT2D eigenvalue weighted by atomic mass is 16.4. The Kier molecular flexibility index (Phi) is 4.72. The third-order valence-corrected chi connectivity index (χ3v) is 6.09. The van der Waals surface area contributed by atoms with Crippen molar-refractivity contribution in [3.8, 4) is 0 Å². The molecule has 0 amide bonds. The number of hydrogen-bond donors (Lipinski definition) is 1. The maximum absolute atomic E-state index is 10.7.